The minimum atomic E-state index is -4.34. The first-order valence-corrected chi connectivity index (χ1v) is 6.01. The molecule has 1 aromatic carbocycles. The average Bonchev–Trinajstić information content (AvgIpc) is 2.36. The van der Waals surface area contributed by atoms with Crippen LogP contribution in [0.25, 0.3) is 0 Å². The Morgan fingerprint density at radius 3 is 2.16 bits per heavy atom. The lowest BCUT2D eigenvalue weighted by Crippen LogP contribution is -2.28. The van der Waals surface area contributed by atoms with Gasteiger partial charge < -0.3 is 5.11 Å². The van der Waals surface area contributed by atoms with E-state index < -0.39 is 31.0 Å². The molecule has 0 heterocycles. The molecule has 0 bridgehead atoms. The fraction of sp³-hybridized carbons (Fsp3) is 0.462. The monoisotopic (exact) mass is 291 g/mol. The summed E-state index contributed by atoms with van der Waals surface area (Å²) in [6, 6.07) is 8.29. The van der Waals surface area contributed by atoms with Gasteiger partial charge in [-0.2, -0.15) is 18.4 Å². The van der Waals surface area contributed by atoms with Crippen LogP contribution in [0, 0.1) is 16.7 Å². The number of hydrogen-bond acceptors (Lipinski definition) is 2. The van der Waals surface area contributed by atoms with E-state index in [2.05, 4.69) is 0 Å². The van der Waals surface area contributed by atoms with Gasteiger partial charge in [-0.25, -0.2) is 0 Å². The van der Waals surface area contributed by atoms with Gasteiger partial charge in [-0.05, 0) is 30.5 Å². The summed E-state index contributed by atoms with van der Waals surface area (Å²) in [7, 11) is 0. The Morgan fingerprint density at radius 2 is 1.74 bits per heavy atom. The summed E-state index contributed by atoms with van der Waals surface area (Å²) in [6.07, 6.45) is -5.79. The quantitative estimate of drug-likeness (QED) is 0.898. The van der Waals surface area contributed by atoms with E-state index in [1.807, 2.05) is 6.07 Å². The number of halogens is 4. The molecule has 1 atom stereocenters. The third kappa shape index (κ3) is 5.09. The molecule has 0 spiro atoms. The van der Waals surface area contributed by atoms with Gasteiger partial charge in [-0.3, -0.25) is 0 Å². The average molecular weight is 292 g/mol. The molecular weight excluding hydrogens is 279 g/mol. The summed E-state index contributed by atoms with van der Waals surface area (Å²) in [5.41, 5.74) is -0.745. The molecule has 2 nitrogen and oxygen atoms in total. The van der Waals surface area contributed by atoms with Gasteiger partial charge in [0.15, 0.2) is 0 Å². The molecule has 1 aromatic rings. The van der Waals surface area contributed by atoms with Crippen LogP contribution in [0.5, 0.6) is 0 Å². The minimum Gasteiger partial charge on any atom is -0.395 e. The van der Waals surface area contributed by atoms with Crippen LogP contribution in [0.1, 0.15) is 18.4 Å². The van der Waals surface area contributed by atoms with Crippen LogP contribution in [0.2, 0.25) is 5.02 Å². The highest BCUT2D eigenvalue weighted by Gasteiger charge is 2.36. The maximum absolute atomic E-state index is 12.2. The normalized spacial score (nSPS) is 14.7. The van der Waals surface area contributed by atoms with Gasteiger partial charge >= 0.3 is 6.18 Å². The molecule has 1 rings (SSSR count). The lowest BCUT2D eigenvalue weighted by Gasteiger charge is -2.24. The number of rotatable bonds is 5. The standard InChI is InChI=1S/C13H13ClF3NO/c14-11-3-1-10(2-4-11)7-12(8-18,9-19)5-6-13(15,16)17/h1-4,19H,5-7,9H2. The van der Waals surface area contributed by atoms with Crippen molar-refractivity contribution in [2.75, 3.05) is 6.61 Å². The van der Waals surface area contributed by atoms with Crippen molar-refractivity contribution in [2.24, 2.45) is 5.41 Å². The van der Waals surface area contributed by atoms with Crippen LogP contribution in [-0.2, 0) is 6.42 Å². The van der Waals surface area contributed by atoms with Crippen molar-refractivity contribution >= 4 is 11.6 Å². The SMILES string of the molecule is N#CC(CO)(CCC(F)(F)F)Cc1ccc(Cl)cc1. The van der Waals surface area contributed by atoms with E-state index in [4.69, 9.17) is 16.9 Å². The number of benzene rings is 1. The highest BCUT2D eigenvalue weighted by Crippen LogP contribution is 2.33. The molecule has 1 unspecified atom stereocenters. The lowest BCUT2D eigenvalue weighted by molar-refractivity contribution is -0.140. The number of hydrogen-bond donors (Lipinski definition) is 1. The van der Waals surface area contributed by atoms with Gasteiger partial charge in [0.05, 0.1) is 18.1 Å². The van der Waals surface area contributed by atoms with Crippen molar-refractivity contribution in [2.45, 2.75) is 25.4 Å². The topological polar surface area (TPSA) is 44.0 Å². The maximum atomic E-state index is 12.2. The van der Waals surface area contributed by atoms with E-state index in [-0.39, 0.29) is 6.42 Å². The molecule has 19 heavy (non-hydrogen) atoms. The van der Waals surface area contributed by atoms with E-state index in [1.165, 1.54) is 0 Å². The molecule has 1 N–H and O–H groups in total. The highest BCUT2D eigenvalue weighted by molar-refractivity contribution is 6.30. The molecule has 0 aliphatic carbocycles. The van der Waals surface area contributed by atoms with E-state index in [1.54, 1.807) is 24.3 Å². The van der Waals surface area contributed by atoms with E-state index in [9.17, 15) is 18.3 Å². The van der Waals surface area contributed by atoms with Gasteiger partial charge in [-0.1, -0.05) is 23.7 Å². The van der Waals surface area contributed by atoms with Gasteiger partial charge in [0.1, 0.15) is 0 Å². The Hall–Kier alpha value is -1.25. The summed E-state index contributed by atoms with van der Waals surface area (Å²) >= 11 is 5.71. The van der Waals surface area contributed by atoms with Gasteiger partial charge in [-0.15, -0.1) is 0 Å². The molecular formula is C13H13ClF3NO. The second-order valence-electron chi connectivity index (χ2n) is 4.47. The van der Waals surface area contributed by atoms with E-state index in [0.717, 1.165) is 0 Å². The molecule has 0 saturated carbocycles. The molecule has 6 heteroatoms. The van der Waals surface area contributed by atoms with Crippen LogP contribution in [-0.4, -0.2) is 17.9 Å². The molecule has 104 valence electrons. The zero-order valence-corrected chi connectivity index (χ0v) is 10.8. The molecule has 0 saturated heterocycles. The minimum absolute atomic E-state index is 0.0627. The van der Waals surface area contributed by atoms with Gasteiger partial charge in [0, 0.05) is 11.4 Å². The van der Waals surface area contributed by atoms with Crippen LogP contribution in [0.15, 0.2) is 24.3 Å². The number of nitriles is 1. The first-order chi connectivity index (χ1) is 8.80. The Bertz CT molecular complexity index is 452. The molecule has 0 amide bonds. The first-order valence-electron chi connectivity index (χ1n) is 5.63. The Balaban J connectivity index is 2.82. The smallest absolute Gasteiger partial charge is 0.389 e. The Kier molecular flexibility index (Phi) is 5.21. The number of nitrogens with zero attached hydrogens (tertiary/aromatic N) is 1. The van der Waals surface area contributed by atoms with Crippen LogP contribution in [0.4, 0.5) is 13.2 Å². The van der Waals surface area contributed by atoms with Crippen molar-refractivity contribution in [1.29, 1.82) is 5.26 Å². The second-order valence-corrected chi connectivity index (χ2v) is 4.91. The highest BCUT2D eigenvalue weighted by atomic mass is 35.5. The van der Waals surface area contributed by atoms with Gasteiger partial charge in [0.25, 0.3) is 0 Å². The fourth-order valence-electron chi connectivity index (χ4n) is 1.73. The number of aliphatic hydroxyl groups excluding tert-OH is 1. The van der Waals surface area contributed by atoms with E-state index in [0.29, 0.717) is 10.6 Å². The van der Waals surface area contributed by atoms with Crippen molar-refractivity contribution in [3.63, 3.8) is 0 Å². The second kappa shape index (κ2) is 6.27. The number of aliphatic hydroxyl groups is 1. The zero-order chi connectivity index (χ0) is 14.5. The summed E-state index contributed by atoms with van der Waals surface area (Å²) in [6.45, 7) is -0.609. The van der Waals surface area contributed by atoms with Crippen molar-refractivity contribution < 1.29 is 18.3 Å². The predicted octanol–water partition coefficient (Wildman–Crippen LogP) is 3.73. The predicted molar refractivity (Wildman–Crippen MR) is 65.6 cm³/mol. The largest absolute Gasteiger partial charge is 0.395 e. The third-order valence-electron chi connectivity index (χ3n) is 2.88. The van der Waals surface area contributed by atoms with Gasteiger partial charge in [0.2, 0.25) is 0 Å². The van der Waals surface area contributed by atoms with Crippen molar-refractivity contribution in [3.8, 4) is 6.07 Å². The summed E-state index contributed by atoms with van der Waals surface area (Å²) in [4.78, 5) is 0. The fourth-order valence-corrected chi connectivity index (χ4v) is 1.85. The summed E-state index contributed by atoms with van der Waals surface area (Å²) in [5, 5.41) is 18.9. The van der Waals surface area contributed by atoms with Crippen LogP contribution >= 0.6 is 11.6 Å². The molecule has 0 fully saturated rings. The lowest BCUT2D eigenvalue weighted by atomic mass is 9.79. The Labute approximate surface area is 114 Å². The summed E-state index contributed by atoms with van der Waals surface area (Å²) in [5.74, 6) is 0. The Morgan fingerprint density at radius 1 is 1.16 bits per heavy atom. The summed E-state index contributed by atoms with van der Waals surface area (Å²) < 4.78 is 36.7. The van der Waals surface area contributed by atoms with Crippen molar-refractivity contribution in [3.05, 3.63) is 34.9 Å². The maximum Gasteiger partial charge on any atom is 0.389 e. The molecule has 0 aliphatic rings. The molecule has 0 aromatic heterocycles. The van der Waals surface area contributed by atoms with E-state index >= 15 is 0 Å². The van der Waals surface area contributed by atoms with Crippen molar-refractivity contribution in [1.82, 2.24) is 0 Å². The number of alkyl halides is 3. The van der Waals surface area contributed by atoms with Crippen LogP contribution in [0.3, 0.4) is 0 Å². The third-order valence-corrected chi connectivity index (χ3v) is 3.13. The molecule has 0 radical (unpaired) electrons. The first kappa shape index (κ1) is 15.8. The van der Waals surface area contributed by atoms with Crippen LogP contribution < -0.4 is 0 Å². The molecule has 0 aliphatic heterocycles. The zero-order valence-electron chi connectivity index (χ0n) is 10.0.